The molecule has 0 N–H and O–H groups in total. The van der Waals surface area contributed by atoms with Crippen molar-refractivity contribution in [1.29, 1.82) is 5.26 Å². The van der Waals surface area contributed by atoms with E-state index < -0.39 is 8.45 Å². The van der Waals surface area contributed by atoms with Crippen LogP contribution in [-0.4, -0.2) is 41.1 Å². The molecule has 5 heteroatoms. The molecule has 1 rings (SSSR count). The highest BCUT2D eigenvalue weighted by molar-refractivity contribution is 7.47. The van der Waals surface area contributed by atoms with Crippen LogP contribution in [0.2, 0.25) is 0 Å². The Balaban J connectivity index is 2.70. The quantitative estimate of drug-likeness (QED) is 0.526. The van der Waals surface area contributed by atoms with E-state index in [9.17, 15) is 0 Å². The largest absolute Gasteiger partial charge is 0.330 e. The van der Waals surface area contributed by atoms with Crippen LogP contribution >= 0.6 is 8.45 Å². The number of rotatable bonds is 7. The predicted octanol–water partition coefficient (Wildman–Crippen LogP) is 3.36. The number of hydrogen-bond acceptors (Lipinski definition) is 4. The molecule has 0 aromatic rings. The molecule has 0 amide bonds. The Hall–Kier alpha value is -0.200. The van der Waals surface area contributed by atoms with E-state index in [1.165, 1.54) is 12.8 Å². The first-order valence-electron chi connectivity index (χ1n) is 6.91. The number of nitriles is 1. The van der Waals surface area contributed by atoms with Gasteiger partial charge in [0.15, 0.2) is 8.45 Å². The van der Waals surface area contributed by atoms with Crippen molar-refractivity contribution < 1.29 is 4.52 Å². The smallest absolute Gasteiger partial charge is 0.188 e. The minimum atomic E-state index is -0.700. The summed E-state index contributed by atoms with van der Waals surface area (Å²) in [6.07, 6.45) is 3.02. The van der Waals surface area contributed by atoms with E-state index in [1.807, 2.05) is 0 Å². The Morgan fingerprint density at radius 1 is 1.22 bits per heavy atom. The first-order chi connectivity index (χ1) is 8.57. The van der Waals surface area contributed by atoms with Crippen molar-refractivity contribution in [2.75, 3.05) is 19.7 Å². The summed E-state index contributed by atoms with van der Waals surface area (Å²) < 4.78 is 11.0. The summed E-state index contributed by atoms with van der Waals surface area (Å²) in [4.78, 5) is 0. The third kappa shape index (κ3) is 4.48. The van der Waals surface area contributed by atoms with Gasteiger partial charge in [0.25, 0.3) is 0 Å². The van der Waals surface area contributed by atoms with E-state index in [2.05, 4.69) is 43.1 Å². The van der Waals surface area contributed by atoms with Gasteiger partial charge in [0, 0.05) is 25.2 Å². The van der Waals surface area contributed by atoms with Gasteiger partial charge in [-0.1, -0.05) is 0 Å². The standard InChI is InChI=1S/C13H26N3OP/c1-12(2)16(13(3)4)18(17-11-7-8-14)15-9-5-6-10-15/h12-13H,5-7,9-11H2,1-4H3. The lowest BCUT2D eigenvalue weighted by Crippen LogP contribution is -2.37. The summed E-state index contributed by atoms with van der Waals surface area (Å²) in [5.74, 6) is 0. The summed E-state index contributed by atoms with van der Waals surface area (Å²) in [5, 5.41) is 8.65. The fourth-order valence-electron chi connectivity index (χ4n) is 2.33. The minimum Gasteiger partial charge on any atom is -0.330 e. The Morgan fingerprint density at radius 2 is 1.78 bits per heavy atom. The van der Waals surface area contributed by atoms with Crippen LogP contribution in [0.1, 0.15) is 47.0 Å². The molecule has 1 aliphatic rings. The van der Waals surface area contributed by atoms with Gasteiger partial charge >= 0.3 is 0 Å². The van der Waals surface area contributed by atoms with Gasteiger partial charge in [-0.05, 0) is 40.5 Å². The maximum atomic E-state index is 8.65. The van der Waals surface area contributed by atoms with Crippen LogP contribution in [0.25, 0.3) is 0 Å². The van der Waals surface area contributed by atoms with Gasteiger partial charge in [0.2, 0.25) is 0 Å². The lowest BCUT2D eigenvalue weighted by atomic mass is 10.3. The van der Waals surface area contributed by atoms with Crippen LogP contribution < -0.4 is 0 Å². The van der Waals surface area contributed by atoms with Crippen molar-refractivity contribution in [2.45, 2.75) is 59.0 Å². The molecular weight excluding hydrogens is 245 g/mol. The molecule has 1 fully saturated rings. The van der Waals surface area contributed by atoms with Crippen molar-refractivity contribution in [3.8, 4) is 6.07 Å². The SMILES string of the molecule is CC(C)N(C(C)C)P(OCCC#N)N1CCCC1. The highest BCUT2D eigenvalue weighted by Gasteiger charge is 2.32. The first-order valence-corrected chi connectivity index (χ1v) is 8.07. The Bertz CT molecular complexity index is 264. The van der Waals surface area contributed by atoms with Gasteiger partial charge in [-0.3, -0.25) is 0 Å². The number of hydrogen-bond donors (Lipinski definition) is 0. The second-order valence-corrected chi connectivity index (χ2v) is 7.01. The third-order valence-corrected chi connectivity index (χ3v) is 5.62. The maximum absolute atomic E-state index is 8.65. The van der Waals surface area contributed by atoms with Gasteiger partial charge in [-0.25, -0.2) is 9.34 Å². The molecule has 0 aromatic carbocycles. The van der Waals surface area contributed by atoms with Crippen LogP contribution in [0.5, 0.6) is 0 Å². The Labute approximate surface area is 113 Å². The topological polar surface area (TPSA) is 39.5 Å². The average Bonchev–Trinajstić information content (AvgIpc) is 2.80. The summed E-state index contributed by atoms with van der Waals surface area (Å²) >= 11 is 0. The zero-order chi connectivity index (χ0) is 13.5. The lowest BCUT2D eigenvalue weighted by Gasteiger charge is -2.40. The van der Waals surface area contributed by atoms with Crippen molar-refractivity contribution >= 4 is 8.45 Å². The summed E-state index contributed by atoms with van der Waals surface area (Å²) in [7, 11) is -0.700. The van der Waals surface area contributed by atoms with Crippen molar-refractivity contribution in [3.63, 3.8) is 0 Å². The molecule has 18 heavy (non-hydrogen) atoms. The second-order valence-electron chi connectivity index (χ2n) is 5.22. The molecule has 1 atom stereocenters. The zero-order valence-electron chi connectivity index (χ0n) is 12.1. The van der Waals surface area contributed by atoms with E-state index in [4.69, 9.17) is 9.79 Å². The molecule has 0 radical (unpaired) electrons. The second kappa shape index (κ2) is 8.07. The molecule has 1 heterocycles. The van der Waals surface area contributed by atoms with Gasteiger partial charge < -0.3 is 4.52 Å². The van der Waals surface area contributed by atoms with Crippen LogP contribution in [0, 0.1) is 11.3 Å². The van der Waals surface area contributed by atoms with Crippen LogP contribution in [0.3, 0.4) is 0 Å². The molecule has 0 bridgehead atoms. The molecule has 0 spiro atoms. The molecule has 104 valence electrons. The first kappa shape index (κ1) is 15.9. The third-order valence-electron chi connectivity index (χ3n) is 3.00. The normalized spacial score (nSPS) is 18.8. The average molecular weight is 271 g/mol. The van der Waals surface area contributed by atoms with Gasteiger partial charge in [0.05, 0.1) is 19.1 Å². The van der Waals surface area contributed by atoms with Gasteiger partial charge in [-0.15, -0.1) is 0 Å². The van der Waals surface area contributed by atoms with Crippen LogP contribution in [0.4, 0.5) is 0 Å². The molecule has 4 nitrogen and oxygen atoms in total. The highest BCUT2D eigenvalue weighted by Crippen LogP contribution is 2.49. The lowest BCUT2D eigenvalue weighted by molar-refractivity contribution is 0.225. The summed E-state index contributed by atoms with van der Waals surface area (Å²) in [6, 6.07) is 3.10. The van der Waals surface area contributed by atoms with Crippen LogP contribution in [-0.2, 0) is 4.52 Å². The van der Waals surface area contributed by atoms with E-state index in [-0.39, 0.29) is 0 Å². The summed E-state index contributed by atoms with van der Waals surface area (Å²) in [5.41, 5.74) is 0. The molecule has 1 saturated heterocycles. The van der Waals surface area contributed by atoms with E-state index in [0.717, 1.165) is 13.1 Å². The van der Waals surface area contributed by atoms with E-state index in [0.29, 0.717) is 25.1 Å². The van der Waals surface area contributed by atoms with Gasteiger partial charge in [-0.2, -0.15) is 5.26 Å². The maximum Gasteiger partial charge on any atom is 0.188 e. The van der Waals surface area contributed by atoms with Crippen LogP contribution in [0.15, 0.2) is 0 Å². The fourth-order valence-corrected chi connectivity index (χ4v) is 4.59. The Morgan fingerprint density at radius 3 is 2.22 bits per heavy atom. The predicted molar refractivity (Wildman–Crippen MR) is 76.0 cm³/mol. The van der Waals surface area contributed by atoms with Crippen molar-refractivity contribution in [3.05, 3.63) is 0 Å². The number of nitrogens with zero attached hydrogens (tertiary/aromatic N) is 3. The molecule has 0 saturated carbocycles. The molecule has 0 aromatic heterocycles. The molecule has 0 aliphatic carbocycles. The van der Waals surface area contributed by atoms with E-state index in [1.54, 1.807) is 0 Å². The Kier molecular flexibility index (Phi) is 7.11. The monoisotopic (exact) mass is 271 g/mol. The molecule has 1 unspecified atom stereocenters. The minimum absolute atomic E-state index is 0.471. The van der Waals surface area contributed by atoms with Crippen molar-refractivity contribution in [2.24, 2.45) is 0 Å². The highest BCUT2D eigenvalue weighted by atomic mass is 31.2. The fraction of sp³-hybridized carbons (Fsp3) is 0.923. The molecular formula is C13H26N3OP. The summed E-state index contributed by atoms with van der Waals surface area (Å²) in [6.45, 7) is 11.7. The van der Waals surface area contributed by atoms with Crippen molar-refractivity contribution in [1.82, 2.24) is 9.34 Å². The van der Waals surface area contributed by atoms with Gasteiger partial charge in [0.1, 0.15) is 0 Å². The molecule has 1 aliphatic heterocycles. The zero-order valence-corrected chi connectivity index (χ0v) is 13.0. The van der Waals surface area contributed by atoms with E-state index >= 15 is 0 Å².